The molecule has 2 unspecified atom stereocenters. The van der Waals surface area contributed by atoms with Crippen LogP contribution in [0, 0.1) is 0 Å². The quantitative estimate of drug-likeness (QED) is 0.815. The molecule has 2 aromatic rings. The highest BCUT2D eigenvalue weighted by atomic mass is 79.9. The molecular formula is C19H23BrN2. The van der Waals surface area contributed by atoms with Crippen molar-refractivity contribution in [2.24, 2.45) is 0 Å². The average Bonchev–Trinajstić information content (AvgIpc) is 2.93. The molecule has 1 saturated heterocycles. The van der Waals surface area contributed by atoms with Crippen LogP contribution >= 0.6 is 15.9 Å². The molecule has 0 N–H and O–H groups in total. The second-order valence-corrected chi connectivity index (χ2v) is 7.28. The molecule has 1 aliphatic rings. The molecule has 0 bridgehead atoms. The minimum atomic E-state index is 0.574. The molecule has 22 heavy (non-hydrogen) atoms. The van der Waals surface area contributed by atoms with E-state index >= 15 is 0 Å². The maximum atomic E-state index is 3.53. The first-order valence-electron chi connectivity index (χ1n) is 7.81. The molecule has 0 aliphatic carbocycles. The molecule has 3 rings (SSSR count). The highest BCUT2D eigenvalue weighted by Crippen LogP contribution is 2.31. The van der Waals surface area contributed by atoms with Gasteiger partial charge in [-0.3, -0.25) is 4.90 Å². The molecule has 0 radical (unpaired) electrons. The Morgan fingerprint density at radius 2 is 1.68 bits per heavy atom. The minimum Gasteiger partial charge on any atom is -0.305 e. The summed E-state index contributed by atoms with van der Waals surface area (Å²) in [4.78, 5) is 4.95. The summed E-state index contributed by atoms with van der Waals surface area (Å²) in [6, 6.07) is 20.2. The van der Waals surface area contributed by atoms with Crippen LogP contribution in [-0.4, -0.2) is 43.0 Å². The molecule has 2 nitrogen and oxygen atoms in total. The molecule has 116 valence electrons. The van der Waals surface area contributed by atoms with E-state index < -0.39 is 0 Å². The lowest BCUT2D eigenvalue weighted by atomic mass is 9.94. The first-order chi connectivity index (χ1) is 10.6. The SMILES string of the molecule is CN(C)C1CN(Cc2ccccc2)CC1c1ccc(Br)cc1. The van der Waals surface area contributed by atoms with E-state index in [0.717, 1.165) is 24.1 Å². The fourth-order valence-electron chi connectivity index (χ4n) is 3.40. The van der Waals surface area contributed by atoms with Gasteiger partial charge in [-0.05, 0) is 37.4 Å². The summed E-state index contributed by atoms with van der Waals surface area (Å²) in [5.41, 5.74) is 2.84. The summed E-state index contributed by atoms with van der Waals surface area (Å²) in [7, 11) is 4.39. The van der Waals surface area contributed by atoms with Crippen molar-refractivity contribution in [2.45, 2.75) is 18.5 Å². The molecule has 0 spiro atoms. The standard InChI is InChI=1S/C19H23BrN2/c1-21(2)19-14-22(12-15-6-4-3-5-7-15)13-18(19)16-8-10-17(20)11-9-16/h3-11,18-19H,12-14H2,1-2H3. The molecule has 2 aromatic carbocycles. The van der Waals surface area contributed by atoms with E-state index in [1.165, 1.54) is 11.1 Å². The predicted octanol–water partition coefficient (Wildman–Crippen LogP) is 3.98. The Hall–Kier alpha value is -1.16. The van der Waals surface area contributed by atoms with Crippen molar-refractivity contribution in [3.05, 3.63) is 70.2 Å². The number of hydrogen-bond donors (Lipinski definition) is 0. The molecule has 0 amide bonds. The predicted molar refractivity (Wildman–Crippen MR) is 96.1 cm³/mol. The zero-order chi connectivity index (χ0) is 15.5. The third-order valence-electron chi connectivity index (χ3n) is 4.58. The van der Waals surface area contributed by atoms with Crippen LogP contribution in [0.2, 0.25) is 0 Å². The van der Waals surface area contributed by atoms with Crippen molar-refractivity contribution in [1.29, 1.82) is 0 Å². The molecule has 0 aromatic heterocycles. The summed E-state index contributed by atoms with van der Waals surface area (Å²) < 4.78 is 1.15. The van der Waals surface area contributed by atoms with Gasteiger partial charge >= 0.3 is 0 Å². The molecular weight excluding hydrogens is 336 g/mol. The lowest BCUT2D eigenvalue weighted by Crippen LogP contribution is -2.34. The zero-order valence-electron chi connectivity index (χ0n) is 13.2. The van der Waals surface area contributed by atoms with E-state index in [1.54, 1.807) is 0 Å². The van der Waals surface area contributed by atoms with E-state index in [4.69, 9.17) is 0 Å². The van der Waals surface area contributed by atoms with Gasteiger partial charge in [-0.1, -0.05) is 58.4 Å². The van der Waals surface area contributed by atoms with Crippen molar-refractivity contribution in [2.75, 3.05) is 27.2 Å². The van der Waals surface area contributed by atoms with Crippen LogP contribution in [0.4, 0.5) is 0 Å². The fourth-order valence-corrected chi connectivity index (χ4v) is 3.66. The fraction of sp³-hybridized carbons (Fsp3) is 0.368. The normalized spacial score (nSPS) is 22.4. The van der Waals surface area contributed by atoms with Crippen LogP contribution in [0.15, 0.2) is 59.1 Å². The van der Waals surface area contributed by atoms with Crippen LogP contribution in [-0.2, 0) is 6.54 Å². The zero-order valence-corrected chi connectivity index (χ0v) is 14.8. The summed E-state index contributed by atoms with van der Waals surface area (Å²) in [5, 5.41) is 0. The van der Waals surface area contributed by atoms with Crippen molar-refractivity contribution in [3.8, 4) is 0 Å². The second kappa shape index (κ2) is 6.95. The number of likely N-dealkylation sites (tertiary alicyclic amines) is 1. The first-order valence-corrected chi connectivity index (χ1v) is 8.61. The smallest absolute Gasteiger partial charge is 0.0298 e. The summed E-state index contributed by atoms with van der Waals surface area (Å²) in [5.74, 6) is 0.576. The third kappa shape index (κ3) is 3.60. The van der Waals surface area contributed by atoms with E-state index in [-0.39, 0.29) is 0 Å². The summed E-state index contributed by atoms with van der Waals surface area (Å²) >= 11 is 3.53. The Balaban J connectivity index is 1.76. The monoisotopic (exact) mass is 358 g/mol. The Morgan fingerprint density at radius 3 is 2.32 bits per heavy atom. The van der Waals surface area contributed by atoms with Gasteiger partial charge in [0.2, 0.25) is 0 Å². The van der Waals surface area contributed by atoms with Crippen LogP contribution in [0.5, 0.6) is 0 Å². The van der Waals surface area contributed by atoms with E-state index in [0.29, 0.717) is 12.0 Å². The van der Waals surface area contributed by atoms with Crippen molar-refractivity contribution in [1.82, 2.24) is 9.80 Å². The van der Waals surface area contributed by atoms with Gasteiger partial charge in [0.25, 0.3) is 0 Å². The summed E-state index contributed by atoms with van der Waals surface area (Å²) in [6.45, 7) is 3.29. The Labute approximate surface area is 141 Å². The van der Waals surface area contributed by atoms with Crippen LogP contribution in [0.1, 0.15) is 17.0 Å². The second-order valence-electron chi connectivity index (χ2n) is 6.37. The van der Waals surface area contributed by atoms with Gasteiger partial charge in [-0.25, -0.2) is 0 Å². The van der Waals surface area contributed by atoms with E-state index in [1.807, 2.05) is 0 Å². The van der Waals surface area contributed by atoms with E-state index in [9.17, 15) is 0 Å². The van der Waals surface area contributed by atoms with Crippen LogP contribution in [0.3, 0.4) is 0 Å². The van der Waals surface area contributed by atoms with Gasteiger partial charge in [-0.2, -0.15) is 0 Å². The summed E-state index contributed by atoms with van der Waals surface area (Å²) in [6.07, 6.45) is 0. The van der Waals surface area contributed by atoms with E-state index in [2.05, 4.69) is 94.4 Å². The Morgan fingerprint density at radius 1 is 1.00 bits per heavy atom. The molecule has 0 saturated carbocycles. The molecule has 1 fully saturated rings. The third-order valence-corrected chi connectivity index (χ3v) is 5.10. The van der Waals surface area contributed by atoms with Gasteiger partial charge < -0.3 is 4.90 Å². The minimum absolute atomic E-state index is 0.574. The molecule has 3 heteroatoms. The lowest BCUT2D eigenvalue weighted by molar-refractivity contribution is 0.260. The number of likely N-dealkylation sites (N-methyl/N-ethyl adjacent to an activating group) is 1. The first kappa shape index (κ1) is 15.7. The van der Waals surface area contributed by atoms with Gasteiger partial charge in [0.15, 0.2) is 0 Å². The number of benzene rings is 2. The molecule has 2 atom stereocenters. The Kier molecular flexibility index (Phi) is 4.97. The van der Waals surface area contributed by atoms with Gasteiger partial charge in [0, 0.05) is 36.1 Å². The van der Waals surface area contributed by atoms with Gasteiger partial charge in [0.05, 0.1) is 0 Å². The van der Waals surface area contributed by atoms with Crippen LogP contribution in [0.25, 0.3) is 0 Å². The molecule has 1 heterocycles. The van der Waals surface area contributed by atoms with Crippen molar-refractivity contribution < 1.29 is 0 Å². The largest absolute Gasteiger partial charge is 0.305 e. The highest BCUT2D eigenvalue weighted by molar-refractivity contribution is 9.10. The highest BCUT2D eigenvalue weighted by Gasteiger charge is 2.34. The van der Waals surface area contributed by atoms with Gasteiger partial charge in [-0.15, -0.1) is 0 Å². The number of hydrogen-bond acceptors (Lipinski definition) is 2. The van der Waals surface area contributed by atoms with Crippen molar-refractivity contribution in [3.63, 3.8) is 0 Å². The number of halogens is 1. The van der Waals surface area contributed by atoms with Crippen molar-refractivity contribution >= 4 is 15.9 Å². The average molecular weight is 359 g/mol. The van der Waals surface area contributed by atoms with Crippen LogP contribution < -0.4 is 0 Å². The lowest BCUT2D eigenvalue weighted by Gasteiger charge is -2.25. The van der Waals surface area contributed by atoms with Gasteiger partial charge in [0.1, 0.15) is 0 Å². The molecule has 1 aliphatic heterocycles. The maximum Gasteiger partial charge on any atom is 0.0298 e. The number of rotatable bonds is 4. The maximum absolute atomic E-state index is 3.53. The topological polar surface area (TPSA) is 6.48 Å². The Bertz CT molecular complexity index is 595. The number of nitrogens with zero attached hydrogens (tertiary/aromatic N) is 2.